The van der Waals surface area contributed by atoms with Gasteiger partial charge in [-0.2, -0.15) is 0 Å². The Labute approximate surface area is 100 Å². The van der Waals surface area contributed by atoms with Crippen LogP contribution in [0.15, 0.2) is 18.2 Å². The van der Waals surface area contributed by atoms with Crippen LogP contribution in [0.5, 0.6) is 0 Å². The van der Waals surface area contributed by atoms with Gasteiger partial charge in [0.2, 0.25) is 0 Å². The number of Topliss-reactive ketones (excluding diaryl/α,β-unsaturated/α-hetero) is 1. The summed E-state index contributed by atoms with van der Waals surface area (Å²) in [6.45, 7) is 4.53. The van der Waals surface area contributed by atoms with Gasteiger partial charge in [0.15, 0.2) is 0 Å². The van der Waals surface area contributed by atoms with Crippen LogP contribution < -0.4 is 5.32 Å². The summed E-state index contributed by atoms with van der Waals surface area (Å²) in [4.78, 5) is 11.5. The smallest absolute Gasteiger partial charge is 0.138 e. The maximum atomic E-state index is 13.2. The molecule has 1 N–H and O–H groups in total. The second kappa shape index (κ2) is 6.45. The predicted molar refractivity (Wildman–Crippen MR) is 62.8 cm³/mol. The van der Waals surface area contributed by atoms with Crippen molar-refractivity contribution >= 4 is 5.78 Å². The summed E-state index contributed by atoms with van der Waals surface area (Å²) < 4.78 is 26.1. The molecule has 0 bridgehead atoms. The zero-order valence-electron chi connectivity index (χ0n) is 10.1. The third-order valence-electron chi connectivity index (χ3n) is 2.35. The number of halogens is 2. The van der Waals surface area contributed by atoms with Crippen molar-refractivity contribution in [3.63, 3.8) is 0 Å². The fourth-order valence-corrected chi connectivity index (χ4v) is 1.48. The molecule has 0 unspecified atom stereocenters. The third-order valence-corrected chi connectivity index (χ3v) is 2.35. The van der Waals surface area contributed by atoms with E-state index in [9.17, 15) is 13.6 Å². The maximum absolute atomic E-state index is 13.2. The quantitative estimate of drug-likeness (QED) is 0.829. The Morgan fingerprint density at radius 1 is 1.35 bits per heavy atom. The molecule has 0 amide bonds. The van der Waals surface area contributed by atoms with Crippen LogP contribution in [0.4, 0.5) is 8.78 Å². The number of ketones is 1. The standard InChI is InChI=1S/C13H17F2NO/c1-9(2)16-6-5-12(17)8-10-7-11(14)3-4-13(10)15/h3-4,7,9,16H,5-6,8H2,1-2H3. The molecule has 0 radical (unpaired) electrons. The van der Waals surface area contributed by atoms with Crippen molar-refractivity contribution in [3.05, 3.63) is 35.4 Å². The molecule has 0 heterocycles. The van der Waals surface area contributed by atoms with E-state index in [0.717, 1.165) is 18.2 Å². The van der Waals surface area contributed by atoms with E-state index in [4.69, 9.17) is 0 Å². The molecule has 0 fully saturated rings. The Bertz CT molecular complexity index is 391. The molecule has 1 aromatic carbocycles. The van der Waals surface area contributed by atoms with Crippen molar-refractivity contribution in [1.82, 2.24) is 5.32 Å². The zero-order valence-corrected chi connectivity index (χ0v) is 10.1. The number of benzene rings is 1. The number of nitrogens with one attached hydrogen (secondary N) is 1. The van der Waals surface area contributed by atoms with E-state index >= 15 is 0 Å². The van der Waals surface area contributed by atoms with Gasteiger partial charge < -0.3 is 5.32 Å². The number of carbonyl (C=O) groups is 1. The van der Waals surface area contributed by atoms with Gasteiger partial charge >= 0.3 is 0 Å². The fraction of sp³-hybridized carbons (Fsp3) is 0.462. The minimum Gasteiger partial charge on any atom is -0.314 e. The van der Waals surface area contributed by atoms with Crippen LogP contribution in [0, 0.1) is 11.6 Å². The summed E-state index contributed by atoms with van der Waals surface area (Å²) in [5, 5.41) is 3.10. The Morgan fingerprint density at radius 3 is 2.71 bits per heavy atom. The second-order valence-electron chi connectivity index (χ2n) is 4.31. The molecule has 0 aliphatic carbocycles. The average molecular weight is 241 g/mol. The maximum Gasteiger partial charge on any atom is 0.138 e. The third kappa shape index (κ3) is 5.04. The minimum absolute atomic E-state index is 0.0522. The van der Waals surface area contributed by atoms with Crippen molar-refractivity contribution in [2.75, 3.05) is 6.54 Å². The SMILES string of the molecule is CC(C)NCCC(=O)Cc1cc(F)ccc1F. The number of carbonyl (C=O) groups excluding carboxylic acids is 1. The average Bonchev–Trinajstić information content (AvgIpc) is 2.23. The Kier molecular flexibility index (Phi) is 5.22. The molecule has 1 aromatic rings. The molecule has 0 saturated heterocycles. The van der Waals surface area contributed by atoms with Gasteiger partial charge in [-0.3, -0.25) is 4.79 Å². The van der Waals surface area contributed by atoms with Crippen LogP contribution in [0.25, 0.3) is 0 Å². The summed E-state index contributed by atoms with van der Waals surface area (Å²) in [6.07, 6.45) is 0.275. The van der Waals surface area contributed by atoms with Crippen molar-refractivity contribution in [2.45, 2.75) is 32.7 Å². The molecule has 94 valence electrons. The number of rotatable bonds is 6. The van der Waals surface area contributed by atoms with Crippen LogP contribution in [0.2, 0.25) is 0 Å². The lowest BCUT2D eigenvalue weighted by Gasteiger charge is -2.07. The first-order chi connectivity index (χ1) is 7.99. The minimum atomic E-state index is -0.531. The first kappa shape index (κ1) is 13.8. The highest BCUT2D eigenvalue weighted by Crippen LogP contribution is 2.11. The van der Waals surface area contributed by atoms with Gasteiger partial charge in [-0.05, 0) is 23.8 Å². The normalized spacial score (nSPS) is 10.9. The lowest BCUT2D eigenvalue weighted by Crippen LogP contribution is -2.25. The molecule has 2 nitrogen and oxygen atoms in total. The van der Waals surface area contributed by atoms with E-state index in [1.165, 1.54) is 0 Å². The van der Waals surface area contributed by atoms with Gasteiger partial charge in [0.1, 0.15) is 17.4 Å². The number of hydrogen-bond donors (Lipinski definition) is 1. The monoisotopic (exact) mass is 241 g/mol. The van der Waals surface area contributed by atoms with Crippen molar-refractivity contribution in [3.8, 4) is 0 Å². The lowest BCUT2D eigenvalue weighted by atomic mass is 10.1. The van der Waals surface area contributed by atoms with Crippen molar-refractivity contribution < 1.29 is 13.6 Å². The largest absolute Gasteiger partial charge is 0.314 e. The van der Waals surface area contributed by atoms with Crippen LogP contribution >= 0.6 is 0 Å². The van der Waals surface area contributed by atoms with Crippen LogP contribution in [-0.2, 0) is 11.2 Å². The molecule has 0 saturated carbocycles. The fourth-order valence-electron chi connectivity index (χ4n) is 1.48. The van der Waals surface area contributed by atoms with Gasteiger partial charge in [-0.1, -0.05) is 13.8 Å². The summed E-state index contributed by atoms with van der Waals surface area (Å²) in [6, 6.07) is 3.48. The lowest BCUT2D eigenvalue weighted by molar-refractivity contribution is -0.118. The highest BCUT2D eigenvalue weighted by atomic mass is 19.1. The van der Waals surface area contributed by atoms with Gasteiger partial charge in [-0.25, -0.2) is 8.78 Å². The van der Waals surface area contributed by atoms with E-state index in [1.807, 2.05) is 13.8 Å². The van der Waals surface area contributed by atoms with Gasteiger partial charge in [0.05, 0.1) is 0 Å². The molecule has 0 aliphatic rings. The predicted octanol–water partition coefficient (Wildman–Crippen LogP) is 2.46. The van der Waals surface area contributed by atoms with E-state index < -0.39 is 11.6 Å². The van der Waals surface area contributed by atoms with E-state index in [0.29, 0.717) is 19.0 Å². The van der Waals surface area contributed by atoms with Gasteiger partial charge in [-0.15, -0.1) is 0 Å². The Balaban J connectivity index is 2.47. The Morgan fingerprint density at radius 2 is 2.06 bits per heavy atom. The second-order valence-corrected chi connectivity index (χ2v) is 4.31. The molecular formula is C13H17F2NO. The van der Waals surface area contributed by atoms with Crippen LogP contribution in [0.3, 0.4) is 0 Å². The first-order valence-electron chi connectivity index (χ1n) is 5.68. The summed E-state index contributed by atoms with van der Waals surface area (Å²) in [5.41, 5.74) is 0.125. The Hall–Kier alpha value is -1.29. The number of hydrogen-bond acceptors (Lipinski definition) is 2. The molecule has 0 aliphatic heterocycles. The summed E-state index contributed by atoms with van der Waals surface area (Å²) in [5.74, 6) is -1.14. The molecule has 17 heavy (non-hydrogen) atoms. The summed E-state index contributed by atoms with van der Waals surface area (Å²) in [7, 11) is 0. The highest BCUT2D eigenvalue weighted by molar-refractivity contribution is 5.81. The van der Waals surface area contributed by atoms with Gasteiger partial charge in [0, 0.05) is 25.4 Å². The molecule has 0 atom stereocenters. The highest BCUT2D eigenvalue weighted by Gasteiger charge is 2.09. The zero-order chi connectivity index (χ0) is 12.8. The van der Waals surface area contributed by atoms with Crippen molar-refractivity contribution in [1.29, 1.82) is 0 Å². The molecule has 0 aromatic heterocycles. The molecule has 1 rings (SSSR count). The van der Waals surface area contributed by atoms with Crippen molar-refractivity contribution in [2.24, 2.45) is 0 Å². The topological polar surface area (TPSA) is 29.1 Å². The van der Waals surface area contributed by atoms with Crippen LogP contribution in [0.1, 0.15) is 25.8 Å². The first-order valence-corrected chi connectivity index (χ1v) is 5.68. The van der Waals surface area contributed by atoms with Crippen LogP contribution in [-0.4, -0.2) is 18.4 Å². The molecule has 4 heteroatoms. The summed E-state index contributed by atoms with van der Waals surface area (Å²) >= 11 is 0. The van der Waals surface area contributed by atoms with Gasteiger partial charge in [0.25, 0.3) is 0 Å². The molecule has 0 spiro atoms. The van der Waals surface area contributed by atoms with E-state index in [1.54, 1.807) is 0 Å². The van der Waals surface area contributed by atoms with E-state index in [2.05, 4.69) is 5.32 Å². The molecular weight excluding hydrogens is 224 g/mol. The van der Waals surface area contributed by atoms with E-state index in [-0.39, 0.29) is 17.8 Å².